The van der Waals surface area contributed by atoms with Gasteiger partial charge in [0.05, 0.1) is 16.1 Å². The molecule has 2 aromatic heterocycles. The van der Waals surface area contributed by atoms with Crippen molar-refractivity contribution in [1.29, 1.82) is 0 Å². The van der Waals surface area contributed by atoms with Crippen LogP contribution in [0.5, 0.6) is 0 Å². The van der Waals surface area contributed by atoms with Crippen LogP contribution in [0.3, 0.4) is 0 Å². The lowest BCUT2D eigenvalue weighted by Gasteiger charge is -2.16. The van der Waals surface area contributed by atoms with Crippen molar-refractivity contribution < 1.29 is 32.0 Å². The Morgan fingerprint density at radius 2 is 2.06 bits per heavy atom. The summed E-state index contributed by atoms with van der Waals surface area (Å²) in [5.41, 5.74) is -1.46. The number of rotatable bonds is 8. The van der Waals surface area contributed by atoms with E-state index in [4.69, 9.17) is 9.26 Å². The normalized spacial score (nSPS) is 15.9. The molecule has 2 N–H and O–H groups in total. The second-order valence-electron chi connectivity index (χ2n) is 7.64. The van der Waals surface area contributed by atoms with Crippen molar-refractivity contribution in [3.63, 3.8) is 0 Å². The van der Waals surface area contributed by atoms with Gasteiger partial charge in [-0.2, -0.15) is 18.2 Å². The first kappa shape index (κ1) is 23.9. The molecule has 4 rings (SSSR count). The molecule has 1 fully saturated rings. The van der Waals surface area contributed by atoms with Crippen LogP contribution in [-0.4, -0.2) is 34.7 Å². The number of aryl methyl sites for hydroxylation is 1. The highest BCUT2D eigenvalue weighted by molar-refractivity contribution is 7.13. The number of aromatic nitrogens is 2. The topological polar surface area (TPSA) is 106 Å². The fraction of sp³-hybridized carbons (Fsp3) is 0.364. The van der Waals surface area contributed by atoms with Crippen LogP contribution in [0, 0.1) is 0 Å². The minimum absolute atomic E-state index is 0.0243. The summed E-state index contributed by atoms with van der Waals surface area (Å²) in [4.78, 5) is 29.5. The average molecular weight is 494 g/mol. The maximum Gasteiger partial charge on any atom is 0.418 e. The standard InChI is InChI=1S/C22H21F3N4O4S/c23-22(24,25)14-12-13(26-21(31)16-4-2-10-32-16)8-9-15(14)27-18(30)6-1-7-19-28-20(29-33-19)17-5-3-11-34-17/h3,5,8-9,11-12,16H,1-2,4,6-7,10H2,(H,26,31)(H,27,30). The van der Waals surface area contributed by atoms with Gasteiger partial charge >= 0.3 is 6.18 Å². The minimum Gasteiger partial charge on any atom is -0.368 e. The number of thiophene rings is 1. The molecule has 1 saturated heterocycles. The number of amides is 2. The van der Waals surface area contributed by atoms with Gasteiger partial charge in [-0.1, -0.05) is 11.2 Å². The molecule has 3 heterocycles. The van der Waals surface area contributed by atoms with E-state index in [2.05, 4.69) is 20.8 Å². The summed E-state index contributed by atoms with van der Waals surface area (Å²) in [7, 11) is 0. The van der Waals surface area contributed by atoms with Crippen molar-refractivity contribution in [1.82, 2.24) is 10.1 Å². The predicted molar refractivity (Wildman–Crippen MR) is 118 cm³/mol. The lowest BCUT2D eigenvalue weighted by atomic mass is 10.1. The summed E-state index contributed by atoms with van der Waals surface area (Å²) in [6.45, 7) is 0.444. The summed E-state index contributed by atoms with van der Waals surface area (Å²) in [5, 5.41) is 10.5. The zero-order valence-electron chi connectivity index (χ0n) is 17.9. The van der Waals surface area contributed by atoms with Gasteiger partial charge in [0.15, 0.2) is 0 Å². The lowest BCUT2D eigenvalue weighted by Crippen LogP contribution is -2.27. The molecule has 3 aromatic rings. The van der Waals surface area contributed by atoms with Crippen molar-refractivity contribution in [3.8, 4) is 10.7 Å². The van der Waals surface area contributed by atoms with E-state index in [0.29, 0.717) is 37.6 Å². The first-order chi connectivity index (χ1) is 16.3. The highest BCUT2D eigenvalue weighted by Gasteiger charge is 2.34. The third kappa shape index (κ3) is 6.00. The predicted octanol–water partition coefficient (Wildman–Crippen LogP) is 4.90. The highest BCUT2D eigenvalue weighted by Crippen LogP contribution is 2.37. The highest BCUT2D eigenvalue weighted by atomic mass is 32.1. The Kier molecular flexibility index (Phi) is 7.27. The van der Waals surface area contributed by atoms with E-state index in [-0.39, 0.29) is 17.8 Å². The first-order valence-corrected chi connectivity index (χ1v) is 11.5. The molecule has 12 heteroatoms. The quantitative estimate of drug-likeness (QED) is 0.462. The van der Waals surface area contributed by atoms with Crippen molar-refractivity contribution in [2.45, 2.75) is 44.4 Å². The monoisotopic (exact) mass is 494 g/mol. The van der Waals surface area contributed by atoms with Crippen molar-refractivity contribution in [2.75, 3.05) is 17.2 Å². The van der Waals surface area contributed by atoms with Gasteiger partial charge in [0, 0.05) is 25.1 Å². The lowest BCUT2D eigenvalue weighted by molar-refractivity contribution is -0.137. The molecule has 1 atom stereocenters. The number of hydrogen-bond donors (Lipinski definition) is 2. The largest absolute Gasteiger partial charge is 0.418 e. The number of alkyl halides is 3. The summed E-state index contributed by atoms with van der Waals surface area (Å²) < 4.78 is 51.2. The van der Waals surface area contributed by atoms with E-state index in [0.717, 1.165) is 23.4 Å². The van der Waals surface area contributed by atoms with E-state index in [1.807, 2.05) is 17.5 Å². The Morgan fingerprint density at radius 3 is 2.76 bits per heavy atom. The smallest absolute Gasteiger partial charge is 0.368 e. The van der Waals surface area contributed by atoms with E-state index >= 15 is 0 Å². The van der Waals surface area contributed by atoms with E-state index in [9.17, 15) is 22.8 Å². The Labute approximate surface area is 196 Å². The van der Waals surface area contributed by atoms with Crippen molar-refractivity contribution in [2.24, 2.45) is 0 Å². The molecule has 1 unspecified atom stereocenters. The number of carbonyl (C=O) groups excluding carboxylic acids is 2. The van der Waals surface area contributed by atoms with Crippen molar-refractivity contribution >= 4 is 34.5 Å². The fourth-order valence-electron chi connectivity index (χ4n) is 3.45. The van der Waals surface area contributed by atoms with Gasteiger partial charge in [-0.05, 0) is 48.9 Å². The minimum atomic E-state index is -4.73. The molecule has 180 valence electrons. The van der Waals surface area contributed by atoms with E-state index in [1.54, 1.807) is 0 Å². The van der Waals surface area contributed by atoms with Crippen LogP contribution < -0.4 is 10.6 Å². The zero-order chi connectivity index (χ0) is 24.1. The molecule has 1 aliphatic rings. The van der Waals surface area contributed by atoms with Crippen LogP contribution in [0.25, 0.3) is 10.7 Å². The molecule has 2 amide bonds. The molecule has 0 spiro atoms. The van der Waals surface area contributed by atoms with E-state index < -0.39 is 29.7 Å². The second kappa shape index (κ2) is 10.3. The molecular weight excluding hydrogens is 473 g/mol. The number of anilines is 2. The SMILES string of the molecule is O=C(CCCc1nc(-c2cccs2)no1)Nc1ccc(NC(=O)C2CCCO2)cc1C(F)(F)F. The molecule has 0 bridgehead atoms. The Hall–Kier alpha value is -3.25. The third-order valence-corrected chi connectivity index (χ3v) is 5.96. The van der Waals surface area contributed by atoms with Crippen LogP contribution in [0.15, 0.2) is 40.2 Å². The van der Waals surface area contributed by atoms with Gasteiger partial charge < -0.3 is 19.9 Å². The number of nitrogens with zero attached hydrogens (tertiary/aromatic N) is 2. The third-order valence-electron chi connectivity index (χ3n) is 5.09. The number of benzene rings is 1. The molecule has 1 aliphatic heterocycles. The first-order valence-electron chi connectivity index (χ1n) is 10.6. The van der Waals surface area contributed by atoms with Gasteiger partial charge in [0.1, 0.15) is 6.10 Å². The van der Waals surface area contributed by atoms with Crippen LogP contribution in [0.1, 0.15) is 37.1 Å². The number of ether oxygens (including phenoxy) is 1. The Balaban J connectivity index is 1.34. The summed E-state index contributed by atoms with van der Waals surface area (Å²) in [6.07, 6.45) is -3.57. The maximum absolute atomic E-state index is 13.6. The van der Waals surface area contributed by atoms with Gasteiger partial charge in [-0.15, -0.1) is 11.3 Å². The molecule has 0 radical (unpaired) electrons. The molecule has 34 heavy (non-hydrogen) atoms. The van der Waals surface area contributed by atoms with Gasteiger partial charge in [-0.25, -0.2) is 0 Å². The summed E-state index contributed by atoms with van der Waals surface area (Å²) in [5.74, 6) is -0.278. The fourth-order valence-corrected chi connectivity index (χ4v) is 4.10. The average Bonchev–Trinajstić information content (AvgIpc) is 3.56. The van der Waals surface area contributed by atoms with Crippen LogP contribution in [-0.2, 0) is 26.9 Å². The van der Waals surface area contributed by atoms with Crippen LogP contribution in [0.2, 0.25) is 0 Å². The Morgan fingerprint density at radius 1 is 1.21 bits per heavy atom. The van der Waals surface area contributed by atoms with Crippen molar-refractivity contribution in [3.05, 3.63) is 47.2 Å². The van der Waals surface area contributed by atoms with Crippen LogP contribution in [0.4, 0.5) is 24.5 Å². The maximum atomic E-state index is 13.6. The van der Waals surface area contributed by atoms with E-state index in [1.165, 1.54) is 17.4 Å². The molecule has 0 saturated carbocycles. The molecular formula is C22H21F3N4O4S. The van der Waals surface area contributed by atoms with Crippen LogP contribution >= 0.6 is 11.3 Å². The summed E-state index contributed by atoms with van der Waals surface area (Å²) >= 11 is 1.46. The molecule has 0 aliphatic carbocycles. The molecule has 1 aromatic carbocycles. The summed E-state index contributed by atoms with van der Waals surface area (Å²) in [6, 6.07) is 6.94. The number of carbonyl (C=O) groups is 2. The van der Waals surface area contributed by atoms with Gasteiger partial charge in [0.25, 0.3) is 5.91 Å². The molecule has 8 nitrogen and oxygen atoms in total. The second-order valence-corrected chi connectivity index (χ2v) is 8.59. The number of halogens is 3. The Bertz CT molecular complexity index is 1140. The number of hydrogen-bond acceptors (Lipinski definition) is 7. The van der Waals surface area contributed by atoms with Gasteiger partial charge in [-0.3, -0.25) is 9.59 Å². The zero-order valence-corrected chi connectivity index (χ0v) is 18.7. The number of nitrogens with one attached hydrogen (secondary N) is 2. The van der Waals surface area contributed by atoms with Gasteiger partial charge in [0.2, 0.25) is 17.6 Å².